The number of allylic oxidation sites excluding steroid dienone is 2. The zero-order valence-electron chi connectivity index (χ0n) is 22.1. The van der Waals surface area contributed by atoms with Crippen LogP contribution in [0.3, 0.4) is 0 Å². The number of halogens is 2. The summed E-state index contributed by atoms with van der Waals surface area (Å²) in [7, 11) is 3.75. The van der Waals surface area contributed by atoms with Gasteiger partial charge < -0.3 is 20.5 Å². The first-order valence-electron chi connectivity index (χ1n) is 13.7. The van der Waals surface area contributed by atoms with Crippen molar-refractivity contribution in [2.24, 2.45) is 17.3 Å². The quantitative estimate of drug-likeness (QED) is 0.429. The van der Waals surface area contributed by atoms with E-state index in [2.05, 4.69) is 23.3 Å². The standard InChI is InChI=1S/C28H33F2NO3.C2H7N/c1-25-11-12-27(30)16-26(29)15-20(32)5-4-19(26)8-10-28(27,34)23(25)7-6-22(25)18-3-2-17-9-13-31-24(33)21(17)14-18;1-3-2/h2-3,6,9,13-14,19-20,23,32,34H,4-5,7-8,10-12,15-16H2,1H3,(H,31,33);3H,1-2H3/t19?,20?,23?,25?,26?,27?,28-;/m0./s1. The number of rotatable bonds is 1. The molecule has 1 aromatic heterocycles. The fraction of sp³-hybridized carbons (Fsp3) is 0.633. The normalized spacial score (nSPS) is 40.9. The second-order valence-corrected chi connectivity index (χ2v) is 12.2. The van der Waals surface area contributed by atoms with E-state index in [0.29, 0.717) is 37.5 Å². The number of H-pyrrole nitrogens is 1. The lowest BCUT2D eigenvalue weighted by Crippen LogP contribution is -2.63. The summed E-state index contributed by atoms with van der Waals surface area (Å²) >= 11 is 0. The van der Waals surface area contributed by atoms with Crippen LogP contribution in [0, 0.1) is 17.3 Å². The summed E-state index contributed by atoms with van der Waals surface area (Å²) in [6.45, 7) is 2.10. The highest BCUT2D eigenvalue weighted by Crippen LogP contribution is 2.67. The lowest BCUT2D eigenvalue weighted by Gasteiger charge is -2.56. The second-order valence-electron chi connectivity index (χ2n) is 12.2. The summed E-state index contributed by atoms with van der Waals surface area (Å²) in [5.41, 5.74) is -4.03. The van der Waals surface area contributed by atoms with Gasteiger partial charge >= 0.3 is 0 Å². The van der Waals surface area contributed by atoms with E-state index in [1.54, 1.807) is 6.20 Å². The molecule has 4 aliphatic carbocycles. The molecule has 5 nitrogen and oxygen atoms in total. The van der Waals surface area contributed by atoms with Crippen LogP contribution in [0.25, 0.3) is 16.3 Å². The Morgan fingerprint density at radius 2 is 1.84 bits per heavy atom. The summed E-state index contributed by atoms with van der Waals surface area (Å²) in [4.78, 5) is 15.1. The first-order valence-corrected chi connectivity index (χ1v) is 13.7. The summed E-state index contributed by atoms with van der Waals surface area (Å²) < 4.78 is 32.9. The lowest BCUT2D eigenvalue weighted by atomic mass is 9.52. The first-order chi connectivity index (χ1) is 17.5. The van der Waals surface area contributed by atoms with Crippen molar-refractivity contribution >= 4 is 16.3 Å². The van der Waals surface area contributed by atoms with Gasteiger partial charge in [-0.15, -0.1) is 0 Å². The van der Waals surface area contributed by atoms with Crippen molar-refractivity contribution in [2.75, 3.05) is 14.1 Å². The number of aromatic amines is 1. The Hall–Kier alpha value is -2.09. The molecule has 4 N–H and O–H groups in total. The number of pyridine rings is 1. The van der Waals surface area contributed by atoms with Gasteiger partial charge in [-0.25, -0.2) is 8.78 Å². The number of nitrogens with one attached hydrogen (secondary N) is 2. The molecular formula is C30H40F2N2O3. The molecule has 0 bridgehead atoms. The second kappa shape index (κ2) is 9.28. The molecule has 2 aromatic rings. The van der Waals surface area contributed by atoms with E-state index in [4.69, 9.17) is 0 Å². The molecule has 0 radical (unpaired) electrons. The van der Waals surface area contributed by atoms with Crippen LogP contribution in [0.2, 0.25) is 0 Å². The van der Waals surface area contributed by atoms with Crippen LogP contribution in [0.1, 0.15) is 70.3 Å². The number of fused-ring (bicyclic) bond motifs is 5. The van der Waals surface area contributed by atoms with E-state index in [1.807, 2.05) is 38.4 Å². The molecule has 1 aromatic carbocycles. The van der Waals surface area contributed by atoms with Gasteiger partial charge in [0.2, 0.25) is 0 Å². The summed E-state index contributed by atoms with van der Waals surface area (Å²) in [6, 6.07) is 7.70. The Labute approximate surface area is 217 Å². The maximum atomic E-state index is 16.8. The number of alkyl halides is 2. The molecule has 7 heteroatoms. The molecule has 0 amide bonds. The lowest BCUT2D eigenvalue weighted by molar-refractivity contribution is -0.201. The molecule has 7 atom stereocenters. The number of benzene rings is 1. The maximum Gasteiger partial charge on any atom is 0.255 e. The number of hydrogen-bond acceptors (Lipinski definition) is 4. The SMILES string of the molecule is CC12CCC3(F)CC4(F)CC(O)CCC4CC[C@]3(O)C1CC=C2c1ccc2cc[nH]c(=O)c2c1.CNC. The van der Waals surface area contributed by atoms with Gasteiger partial charge in [0.25, 0.3) is 5.56 Å². The van der Waals surface area contributed by atoms with Crippen molar-refractivity contribution < 1.29 is 19.0 Å². The fourth-order valence-electron chi connectivity index (χ4n) is 8.16. The van der Waals surface area contributed by atoms with Crippen LogP contribution < -0.4 is 10.9 Å². The van der Waals surface area contributed by atoms with Crippen LogP contribution >= 0.6 is 0 Å². The molecular weight excluding hydrogens is 474 g/mol. The maximum absolute atomic E-state index is 16.8. The highest BCUT2D eigenvalue weighted by molar-refractivity contribution is 5.86. The third kappa shape index (κ3) is 4.09. The highest BCUT2D eigenvalue weighted by Gasteiger charge is 2.69. The molecule has 0 saturated heterocycles. The van der Waals surface area contributed by atoms with Crippen LogP contribution in [0.4, 0.5) is 8.78 Å². The molecule has 4 aliphatic rings. The molecule has 0 spiro atoms. The van der Waals surface area contributed by atoms with E-state index in [0.717, 1.165) is 16.5 Å². The van der Waals surface area contributed by atoms with Crippen LogP contribution in [-0.2, 0) is 0 Å². The van der Waals surface area contributed by atoms with Gasteiger partial charge in [0.15, 0.2) is 0 Å². The van der Waals surface area contributed by atoms with Crippen molar-refractivity contribution in [3.05, 3.63) is 52.5 Å². The fourth-order valence-corrected chi connectivity index (χ4v) is 8.16. The summed E-state index contributed by atoms with van der Waals surface area (Å²) in [5.74, 6) is -0.669. The molecule has 202 valence electrons. The molecule has 3 fully saturated rings. The number of hydrogen-bond donors (Lipinski definition) is 4. The molecule has 1 heterocycles. The van der Waals surface area contributed by atoms with Crippen LogP contribution in [0.5, 0.6) is 0 Å². The van der Waals surface area contributed by atoms with E-state index in [-0.39, 0.29) is 43.1 Å². The van der Waals surface area contributed by atoms with Gasteiger partial charge in [-0.05, 0) is 99.0 Å². The van der Waals surface area contributed by atoms with E-state index in [1.165, 1.54) is 0 Å². The van der Waals surface area contributed by atoms with Crippen molar-refractivity contribution in [3.8, 4) is 0 Å². The van der Waals surface area contributed by atoms with Gasteiger partial charge in [-0.1, -0.05) is 25.1 Å². The Kier molecular flexibility index (Phi) is 6.65. The minimum atomic E-state index is -2.01. The monoisotopic (exact) mass is 514 g/mol. The zero-order valence-corrected chi connectivity index (χ0v) is 22.1. The van der Waals surface area contributed by atoms with E-state index < -0.39 is 28.5 Å². The van der Waals surface area contributed by atoms with Crippen molar-refractivity contribution in [3.63, 3.8) is 0 Å². The van der Waals surface area contributed by atoms with Crippen LogP contribution in [-0.4, -0.2) is 52.3 Å². The average molecular weight is 515 g/mol. The minimum absolute atomic E-state index is 0.0313. The van der Waals surface area contributed by atoms with Gasteiger partial charge in [-0.3, -0.25) is 4.79 Å². The number of aliphatic hydroxyl groups is 2. The van der Waals surface area contributed by atoms with Gasteiger partial charge in [0.1, 0.15) is 16.9 Å². The van der Waals surface area contributed by atoms with Gasteiger partial charge in [0, 0.05) is 30.3 Å². The Morgan fingerprint density at radius 1 is 1.08 bits per heavy atom. The van der Waals surface area contributed by atoms with Crippen LogP contribution in [0.15, 0.2) is 41.3 Å². The summed E-state index contributed by atoms with van der Waals surface area (Å²) in [5, 5.41) is 26.4. The van der Waals surface area contributed by atoms with Crippen molar-refractivity contribution in [1.29, 1.82) is 0 Å². The third-order valence-electron chi connectivity index (χ3n) is 10.0. The predicted octanol–water partition coefficient (Wildman–Crippen LogP) is 5.06. The molecule has 0 aliphatic heterocycles. The number of aromatic nitrogens is 1. The highest BCUT2D eigenvalue weighted by atomic mass is 19.2. The molecule has 6 rings (SSSR count). The van der Waals surface area contributed by atoms with Gasteiger partial charge in [0.05, 0.1) is 6.10 Å². The Bertz CT molecular complexity index is 1260. The number of aliphatic hydroxyl groups excluding tert-OH is 1. The third-order valence-corrected chi connectivity index (χ3v) is 10.0. The Morgan fingerprint density at radius 3 is 2.59 bits per heavy atom. The molecule has 6 unspecified atom stereocenters. The average Bonchev–Trinajstić information content (AvgIpc) is 3.16. The van der Waals surface area contributed by atoms with Gasteiger partial charge in [-0.2, -0.15) is 0 Å². The zero-order chi connectivity index (χ0) is 26.6. The Balaban J connectivity index is 0.000000892. The first kappa shape index (κ1) is 26.5. The van der Waals surface area contributed by atoms with E-state index >= 15 is 8.78 Å². The molecule has 37 heavy (non-hydrogen) atoms. The minimum Gasteiger partial charge on any atom is -0.393 e. The van der Waals surface area contributed by atoms with E-state index in [9.17, 15) is 15.0 Å². The molecule has 3 saturated carbocycles. The largest absolute Gasteiger partial charge is 0.393 e. The van der Waals surface area contributed by atoms with Crippen molar-refractivity contribution in [2.45, 2.75) is 87.8 Å². The van der Waals surface area contributed by atoms with Crippen molar-refractivity contribution in [1.82, 2.24) is 10.3 Å². The summed E-state index contributed by atoms with van der Waals surface area (Å²) in [6.07, 6.45) is 5.54. The predicted molar refractivity (Wildman–Crippen MR) is 143 cm³/mol. The smallest absolute Gasteiger partial charge is 0.255 e. The topological polar surface area (TPSA) is 85.3 Å².